The lowest BCUT2D eigenvalue weighted by atomic mass is 10.2. The number of rotatable bonds is 1. The number of halogens is 1. The van der Waals surface area contributed by atoms with Crippen molar-refractivity contribution >= 4 is 22.0 Å². The third kappa shape index (κ3) is 4.14. The summed E-state index contributed by atoms with van der Waals surface area (Å²) >= 11 is 3.29. The number of aromatic nitrogens is 2. The lowest BCUT2D eigenvalue weighted by Gasteiger charge is -2.33. The highest BCUT2D eigenvalue weighted by Gasteiger charge is 2.30. The maximum Gasteiger partial charge on any atom is 0.410 e. The zero-order valence-corrected chi connectivity index (χ0v) is 13.4. The summed E-state index contributed by atoms with van der Waals surface area (Å²) in [4.78, 5) is 22.1. The second-order valence-electron chi connectivity index (χ2n) is 5.55. The summed E-state index contributed by atoms with van der Waals surface area (Å²) < 4.78 is 11.8. The Bertz CT molecular complexity index is 473. The van der Waals surface area contributed by atoms with Crippen molar-refractivity contribution < 1.29 is 14.3 Å². The van der Waals surface area contributed by atoms with Crippen LogP contribution in [0.15, 0.2) is 16.9 Å². The normalized spacial score (nSPS) is 19.8. The number of ether oxygens (including phenoxy) is 2. The molecule has 1 aliphatic heterocycles. The molecule has 0 saturated carbocycles. The Morgan fingerprint density at radius 3 is 2.70 bits per heavy atom. The molecule has 0 bridgehead atoms. The van der Waals surface area contributed by atoms with E-state index < -0.39 is 5.60 Å². The zero-order valence-electron chi connectivity index (χ0n) is 11.8. The minimum absolute atomic E-state index is 0.315. The first-order valence-corrected chi connectivity index (χ1v) is 7.21. The van der Waals surface area contributed by atoms with E-state index >= 15 is 0 Å². The van der Waals surface area contributed by atoms with Crippen LogP contribution in [0.1, 0.15) is 32.7 Å². The molecule has 1 aromatic heterocycles. The van der Waals surface area contributed by atoms with Crippen LogP contribution in [0.2, 0.25) is 0 Å². The fourth-order valence-corrected chi connectivity index (χ4v) is 1.99. The van der Waals surface area contributed by atoms with E-state index in [1.54, 1.807) is 17.3 Å². The van der Waals surface area contributed by atoms with Crippen LogP contribution in [-0.2, 0) is 9.47 Å². The first kappa shape index (κ1) is 15.2. The van der Waals surface area contributed by atoms with Gasteiger partial charge >= 0.3 is 6.09 Å². The highest BCUT2D eigenvalue weighted by atomic mass is 79.9. The van der Waals surface area contributed by atoms with Gasteiger partial charge < -0.3 is 14.4 Å². The van der Waals surface area contributed by atoms with Crippen molar-refractivity contribution in [2.45, 2.75) is 32.5 Å². The summed E-state index contributed by atoms with van der Waals surface area (Å²) in [5.41, 5.74) is -0.501. The first-order chi connectivity index (χ1) is 9.35. The molecule has 1 saturated heterocycles. The molecule has 110 valence electrons. The van der Waals surface area contributed by atoms with Crippen molar-refractivity contribution in [1.29, 1.82) is 0 Å². The van der Waals surface area contributed by atoms with Crippen LogP contribution in [0.25, 0.3) is 0 Å². The monoisotopic (exact) mass is 343 g/mol. The van der Waals surface area contributed by atoms with E-state index in [2.05, 4.69) is 25.9 Å². The van der Waals surface area contributed by atoms with Gasteiger partial charge in [0.1, 0.15) is 11.7 Å². The number of amides is 1. The SMILES string of the molecule is CC(C)(C)OC(=O)N1CCOC(c2ncc(Br)cn2)C1. The van der Waals surface area contributed by atoms with Crippen molar-refractivity contribution in [3.8, 4) is 0 Å². The van der Waals surface area contributed by atoms with Crippen LogP contribution in [0, 0.1) is 0 Å². The molecule has 0 aromatic carbocycles. The lowest BCUT2D eigenvalue weighted by molar-refractivity contribution is -0.0462. The summed E-state index contributed by atoms with van der Waals surface area (Å²) in [5.74, 6) is 0.571. The summed E-state index contributed by atoms with van der Waals surface area (Å²) in [6, 6.07) is 0. The standard InChI is InChI=1S/C13H18BrN3O3/c1-13(2,3)20-12(18)17-4-5-19-10(8-17)11-15-6-9(14)7-16-11/h6-7,10H,4-5,8H2,1-3H3. The molecule has 6 nitrogen and oxygen atoms in total. The van der Waals surface area contributed by atoms with Crippen LogP contribution < -0.4 is 0 Å². The molecule has 20 heavy (non-hydrogen) atoms. The van der Waals surface area contributed by atoms with Gasteiger partial charge in [-0.1, -0.05) is 0 Å². The maximum atomic E-state index is 12.0. The number of hydrogen-bond acceptors (Lipinski definition) is 5. The van der Waals surface area contributed by atoms with Crippen molar-refractivity contribution in [1.82, 2.24) is 14.9 Å². The topological polar surface area (TPSA) is 64.5 Å². The van der Waals surface area contributed by atoms with Crippen LogP contribution in [0.3, 0.4) is 0 Å². The number of carbonyl (C=O) groups is 1. The highest BCUT2D eigenvalue weighted by molar-refractivity contribution is 9.10. The molecule has 1 amide bonds. The summed E-state index contributed by atoms with van der Waals surface area (Å²) in [6.07, 6.45) is 2.68. The molecule has 0 N–H and O–H groups in total. The van der Waals surface area contributed by atoms with Crippen molar-refractivity contribution in [3.63, 3.8) is 0 Å². The molecule has 0 aliphatic carbocycles. The lowest BCUT2D eigenvalue weighted by Crippen LogP contribution is -2.45. The van der Waals surface area contributed by atoms with Gasteiger partial charge in [-0.25, -0.2) is 14.8 Å². The third-order valence-corrected chi connectivity index (χ3v) is 3.06. The molecule has 1 unspecified atom stereocenters. The number of hydrogen-bond donors (Lipinski definition) is 0. The van der Waals surface area contributed by atoms with E-state index in [9.17, 15) is 4.79 Å². The minimum Gasteiger partial charge on any atom is -0.444 e. The third-order valence-electron chi connectivity index (χ3n) is 2.65. The van der Waals surface area contributed by atoms with Gasteiger partial charge in [0.15, 0.2) is 5.82 Å². The molecule has 2 rings (SSSR count). The molecular weight excluding hydrogens is 326 g/mol. The van der Waals surface area contributed by atoms with Gasteiger partial charge in [0.25, 0.3) is 0 Å². The molecule has 1 atom stereocenters. The summed E-state index contributed by atoms with van der Waals surface area (Å²) in [7, 11) is 0. The van der Waals surface area contributed by atoms with Crippen LogP contribution in [0.4, 0.5) is 4.79 Å². The average Bonchev–Trinajstić information content (AvgIpc) is 2.38. The Kier molecular flexibility index (Phi) is 4.59. The van der Waals surface area contributed by atoms with Crippen molar-refractivity contribution in [2.75, 3.05) is 19.7 Å². The molecule has 7 heteroatoms. The summed E-state index contributed by atoms with van der Waals surface area (Å²) in [5, 5.41) is 0. The van der Waals surface area contributed by atoms with Gasteiger partial charge in [0.2, 0.25) is 0 Å². The fourth-order valence-electron chi connectivity index (χ4n) is 1.79. The molecule has 1 aromatic rings. The second kappa shape index (κ2) is 6.05. The Balaban J connectivity index is 2.01. The highest BCUT2D eigenvalue weighted by Crippen LogP contribution is 2.21. The molecule has 0 radical (unpaired) electrons. The van der Waals surface area contributed by atoms with Crippen LogP contribution in [0.5, 0.6) is 0 Å². The van der Waals surface area contributed by atoms with E-state index in [1.165, 1.54) is 0 Å². The molecule has 2 heterocycles. The van der Waals surface area contributed by atoms with Gasteiger partial charge in [0, 0.05) is 18.9 Å². The Hall–Kier alpha value is -1.21. The van der Waals surface area contributed by atoms with Crippen molar-refractivity contribution in [3.05, 3.63) is 22.7 Å². The van der Waals surface area contributed by atoms with E-state index in [0.717, 1.165) is 4.47 Å². The smallest absolute Gasteiger partial charge is 0.410 e. The van der Waals surface area contributed by atoms with Gasteiger partial charge in [-0.3, -0.25) is 0 Å². The minimum atomic E-state index is -0.501. The molecule has 1 fully saturated rings. The van der Waals surface area contributed by atoms with E-state index in [0.29, 0.717) is 25.5 Å². The maximum absolute atomic E-state index is 12.0. The van der Waals surface area contributed by atoms with E-state index in [-0.39, 0.29) is 12.2 Å². The Morgan fingerprint density at radius 2 is 2.10 bits per heavy atom. The number of carbonyl (C=O) groups excluding carboxylic acids is 1. The van der Waals surface area contributed by atoms with Crippen molar-refractivity contribution in [2.24, 2.45) is 0 Å². The molecule has 0 spiro atoms. The molecular formula is C13H18BrN3O3. The quantitative estimate of drug-likeness (QED) is 0.783. The fraction of sp³-hybridized carbons (Fsp3) is 0.615. The van der Waals surface area contributed by atoms with Crippen LogP contribution >= 0.6 is 15.9 Å². The molecule has 1 aliphatic rings. The van der Waals surface area contributed by atoms with E-state index in [4.69, 9.17) is 9.47 Å². The van der Waals surface area contributed by atoms with Gasteiger partial charge in [0.05, 0.1) is 17.6 Å². The van der Waals surface area contributed by atoms with Gasteiger partial charge in [-0.15, -0.1) is 0 Å². The predicted molar refractivity (Wildman–Crippen MR) is 76.2 cm³/mol. The Morgan fingerprint density at radius 1 is 1.45 bits per heavy atom. The summed E-state index contributed by atoms with van der Waals surface area (Å²) in [6.45, 7) is 6.91. The van der Waals surface area contributed by atoms with E-state index in [1.807, 2.05) is 20.8 Å². The second-order valence-corrected chi connectivity index (χ2v) is 6.46. The largest absolute Gasteiger partial charge is 0.444 e. The first-order valence-electron chi connectivity index (χ1n) is 6.42. The van der Waals surface area contributed by atoms with Crippen LogP contribution in [-0.4, -0.2) is 46.3 Å². The number of morpholine rings is 1. The van der Waals surface area contributed by atoms with Gasteiger partial charge in [-0.05, 0) is 36.7 Å². The Labute approximate surface area is 126 Å². The predicted octanol–water partition coefficient (Wildman–Crippen LogP) is 2.55. The average molecular weight is 344 g/mol. The zero-order chi connectivity index (χ0) is 14.8. The number of nitrogens with zero attached hydrogens (tertiary/aromatic N) is 3. The van der Waals surface area contributed by atoms with Gasteiger partial charge in [-0.2, -0.15) is 0 Å².